The molecule has 1 aromatic carbocycles. The molecular formula is C20H31N3O4. The third-order valence-electron chi connectivity index (χ3n) is 4.64. The lowest BCUT2D eigenvalue weighted by molar-refractivity contribution is -0.133. The highest BCUT2D eigenvalue weighted by Crippen LogP contribution is 2.20. The zero-order valence-corrected chi connectivity index (χ0v) is 16.6. The zero-order valence-electron chi connectivity index (χ0n) is 16.6. The van der Waals surface area contributed by atoms with Gasteiger partial charge in [-0.2, -0.15) is 0 Å². The van der Waals surface area contributed by atoms with Gasteiger partial charge in [0, 0.05) is 32.6 Å². The van der Waals surface area contributed by atoms with Crippen LogP contribution in [0.5, 0.6) is 0 Å². The van der Waals surface area contributed by atoms with Crippen LogP contribution in [0.1, 0.15) is 33.3 Å². The van der Waals surface area contributed by atoms with Crippen LogP contribution >= 0.6 is 0 Å². The summed E-state index contributed by atoms with van der Waals surface area (Å²) in [7, 11) is 0. The molecule has 3 N–H and O–H groups in total. The minimum atomic E-state index is -0.986. The van der Waals surface area contributed by atoms with E-state index in [-0.39, 0.29) is 12.5 Å². The van der Waals surface area contributed by atoms with E-state index in [0.29, 0.717) is 19.5 Å². The fraction of sp³-hybridized carbons (Fsp3) is 0.600. The number of ether oxygens (including phenoxy) is 1. The van der Waals surface area contributed by atoms with Gasteiger partial charge in [-0.25, -0.2) is 4.79 Å². The van der Waals surface area contributed by atoms with Crippen LogP contribution in [0.25, 0.3) is 0 Å². The minimum absolute atomic E-state index is 0.0901. The number of aliphatic hydroxyl groups excluding tert-OH is 1. The molecular weight excluding hydrogens is 346 g/mol. The predicted octanol–water partition coefficient (Wildman–Crippen LogP) is 1.39. The fourth-order valence-corrected chi connectivity index (χ4v) is 3.23. The predicted molar refractivity (Wildman–Crippen MR) is 103 cm³/mol. The van der Waals surface area contributed by atoms with Gasteiger partial charge in [-0.15, -0.1) is 0 Å². The van der Waals surface area contributed by atoms with Gasteiger partial charge in [0.05, 0.1) is 12.1 Å². The van der Waals surface area contributed by atoms with Crippen molar-refractivity contribution in [1.29, 1.82) is 0 Å². The molecule has 27 heavy (non-hydrogen) atoms. The first-order valence-electron chi connectivity index (χ1n) is 9.31. The molecule has 0 saturated carbocycles. The first-order chi connectivity index (χ1) is 12.6. The number of aliphatic hydroxyl groups is 1. The summed E-state index contributed by atoms with van der Waals surface area (Å²) in [5.74, 6) is -0.0901. The highest BCUT2D eigenvalue weighted by molar-refractivity contribution is 5.74. The summed E-state index contributed by atoms with van der Waals surface area (Å²) >= 11 is 0. The quantitative estimate of drug-likeness (QED) is 0.826. The average molecular weight is 377 g/mol. The van der Waals surface area contributed by atoms with E-state index in [4.69, 9.17) is 10.5 Å². The number of benzene rings is 1. The number of hydrogen-bond acceptors (Lipinski definition) is 5. The van der Waals surface area contributed by atoms with E-state index in [1.165, 1.54) is 11.8 Å². The summed E-state index contributed by atoms with van der Waals surface area (Å²) in [5.41, 5.74) is 6.62. The van der Waals surface area contributed by atoms with Crippen LogP contribution < -0.4 is 5.73 Å². The highest BCUT2D eigenvalue weighted by atomic mass is 16.6. The number of amides is 2. The van der Waals surface area contributed by atoms with Gasteiger partial charge in [-0.05, 0) is 32.8 Å². The minimum Gasteiger partial charge on any atom is -0.444 e. The summed E-state index contributed by atoms with van der Waals surface area (Å²) in [6, 6.07) is 8.45. The van der Waals surface area contributed by atoms with Crippen LogP contribution in [0.4, 0.5) is 4.79 Å². The second-order valence-electron chi connectivity index (χ2n) is 8.05. The van der Waals surface area contributed by atoms with Gasteiger partial charge in [-0.1, -0.05) is 30.3 Å². The molecule has 1 aromatic rings. The van der Waals surface area contributed by atoms with Crippen LogP contribution in [0, 0.1) is 0 Å². The third-order valence-corrected chi connectivity index (χ3v) is 4.64. The maximum atomic E-state index is 12.6. The number of rotatable bonds is 4. The van der Waals surface area contributed by atoms with Crippen molar-refractivity contribution >= 4 is 12.0 Å². The van der Waals surface area contributed by atoms with Gasteiger partial charge in [0.25, 0.3) is 0 Å². The Balaban J connectivity index is 2.16. The zero-order chi connectivity index (χ0) is 20.2. The molecule has 0 bridgehead atoms. The Kier molecular flexibility index (Phi) is 6.84. The van der Waals surface area contributed by atoms with Crippen molar-refractivity contribution in [3.63, 3.8) is 0 Å². The van der Waals surface area contributed by atoms with Gasteiger partial charge >= 0.3 is 6.09 Å². The monoisotopic (exact) mass is 377 g/mol. The van der Waals surface area contributed by atoms with Gasteiger partial charge in [0.2, 0.25) is 5.91 Å². The Hall–Kier alpha value is -2.12. The molecule has 0 radical (unpaired) electrons. The number of carbonyl (C=O) groups is 2. The van der Waals surface area contributed by atoms with Crippen molar-refractivity contribution < 1.29 is 19.4 Å². The second-order valence-corrected chi connectivity index (χ2v) is 8.05. The molecule has 0 aromatic heterocycles. The summed E-state index contributed by atoms with van der Waals surface area (Å²) in [6.45, 7) is 7.81. The average Bonchev–Trinajstić information content (AvgIpc) is 2.59. The van der Waals surface area contributed by atoms with Gasteiger partial charge in [0.1, 0.15) is 5.60 Å². The van der Waals surface area contributed by atoms with Crippen LogP contribution in [-0.2, 0) is 16.0 Å². The Bertz CT molecular complexity index is 644. The number of nitrogens with two attached hydrogens (primary N) is 1. The molecule has 0 aliphatic carbocycles. The molecule has 0 unspecified atom stereocenters. The van der Waals surface area contributed by atoms with Gasteiger partial charge in [-0.3, -0.25) is 9.69 Å². The van der Waals surface area contributed by atoms with Crippen LogP contribution in [-0.4, -0.2) is 70.3 Å². The number of piperazine rings is 1. The van der Waals surface area contributed by atoms with Crippen molar-refractivity contribution in [2.24, 2.45) is 5.73 Å². The largest absolute Gasteiger partial charge is 0.444 e. The molecule has 2 amide bonds. The van der Waals surface area contributed by atoms with Crippen LogP contribution in [0.15, 0.2) is 30.3 Å². The smallest absolute Gasteiger partial charge is 0.410 e. The first kappa shape index (κ1) is 21.2. The number of nitrogens with zero attached hydrogens (tertiary/aromatic N) is 2. The molecule has 150 valence electrons. The van der Waals surface area contributed by atoms with E-state index in [2.05, 4.69) is 0 Å². The molecule has 2 rings (SSSR count). The summed E-state index contributed by atoms with van der Waals surface area (Å²) < 4.78 is 5.48. The third kappa shape index (κ3) is 5.94. The summed E-state index contributed by atoms with van der Waals surface area (Å²) in [6.07, 6.45) is -1.01. The topological polar surface area (TPSA) is 96.1 Å². The van der Waals surface area contributed by atoms with E-state index in [9.17, 15) is 14.7 Å². The lowest BCUT2D eigenvalue weighted by Gasteiger charge is -2.44. The molecule has 7 nitrogen and oxygen atoms in total. The van der Waals surface area contributed by atoms with E-state index < -0.39 is 29.9 Å². The molecule has 1 saturated heterocycles. The maximum absolute atomic E-state index is 12.6. The standard InChI is InChI=1S/C20H31N3O4/c1-14(24)22-10-11-23(19(26)27-20(2,3)4)17(13-22)18(25)16(21)12-15-8-6-5-7-9-15/h5-9,16-18,25H,10-13,21H2,1-4H3/t16-,17-,18-/m1/s1. The molecule has 3 atom stereocenters. The summed E-state index contributed by atoms with van der Waals surface area (Å²) in [5, 5.41) is 10.9. The maximum Gasteiger partial charge on any atom is 0.410 e. The second kappa shape index (κ2) is 8.71. The van der Waals surface area contributed by atoms with E-state index in [0.717, 1.165) is 5.56 Å². The van der Waals surface area contributed by atoms with E-state index >= 15 is 0 Å². The lowest BCUT2D eigenvalue weighted by atomic mass is 9.95. The Morgan fingerprint density at radius 2 is 1.89 bits per heavy atom. The van der Waals surface area contributed by atoms with Gasteiger partial charge in [0.15, 0.2) is 0 Å². The molecule has 7 heteroatoms. The van der Waals surface area contributed by atoms with E-state index in [1.54, 1.807) is 25.7 Å². The lowest BCUT2D eigenvalue weighted by Crippen LogP contribution is -2.64. The van der Waals surface area contributed by atoms with Crippen molar-refractivity contribution in [1.82, 2.24) is 9.80 Å². The van der Waals surface area contributed by atoms with Crippen LogP contribution in [0.2, 0.25) is 0 Å². The van der Waals surface area contributed by atoms with Crippen molar-refractivity contribution in [2.75, 3.05) is 19.6 Å². The Morgan fingerprint density at radius 1 is 1.26 bits per heavy atom. The van der Waals surface area contributed by atoms with Gasteiger partial charge < -0.3 is 20.5 Å². The molecule has 1 aliphatic rings. The summed E-state index contributed by atoms with van der Waals surface area (Å²) in [4.78, 5) is 27.6. The van der Waals surface area contributed by atoms with Crippen molar-refractivity contribution in [3.05, 3.63) is 35.9 Å². The SMILES string of the molecule is CC(=O)N1CCN(C(=O)OC(C)(C)C)[C@@H]([C@H](O)[C@H](N)Cc2ccccc2)C1. The Morgan fingerprint density at radius 3 is 2.44 bits per heavy atom. The normalized spacial score (nSPS) is 20.1. The molecule has 0 spiro atoms. The molecule has 1 fully saturated rings. The van der Waals surface area contributed by atoms with Crippen molar-refractivity contribution in [2.45, 2.75) is 57.9 Å². The number of carbonyl (C=O) groups excluding carboxylic acids is 2. The van der Waals surface area contributed by atoms with Crippen molar-refractivity contribution in [3.8, 4) is 0 Å². The first-order valence-corrected chi connectivity index (χ1v) is 9.31. The molecule has 1 aliphatic heterocycles. The number of hydrogen-bond donors (Lipinski definition) is 2. The molecule has 1 heterocycles. The van der Waals surface area contributed by atoms with E-state index in [1.807, 2.05) is 30.3 Å². The fourth-order valence-electron chi connectivity index (χ4n) is 3.23. The van der Waals surface area contributed by atoms with Crippen LogP contribution in [0.3, 0.4) is 0 Å². The highest BCUT2D eigenvalue weighted by Gasteiger charge is 2.40. The Labute approximate surface area is 161 Å².